The van der Waals surface area contributed by atoms with Gasteiger partial charge in [0, 0.05) is 0 Å². The van der Waals surface area contributed by atoms with Gasteiger partial charge in [0.2, 0.25) is 0 Å². The number of hydrogen-bond acceptors (Lipinski definition) is 5. The molecule has 1 aromatic carbocycles. The molecule has 0 radical (unpaired) electrons. The topological polar surface area (TPSA) is 65.1 Å². The maximum atomic E-state index is 12.7. The summed E-state index contributed by atoms with van der Waals surface area (Å²) in [7, 11) is 0. The SMILES string of the molecule is CCOC(=O)c1ccccc1/C=C/[C@@H]1COC(C)(C)N1C(=O)OC(C)(C)C. The molecule has 1 heterocycles. The van der Waals surface area contributed by atoms with Crippen molar-refractivity contribution in [3.05, 3.63) is 41.5 Å². The maximum Gasteiger partial charge on any atom is 0.413 e. The van der Waals surface area contributed by atoms with E-state index < -0.39 is 17.4 Å². The zero-order chi connectivity index (χ0) is 20.2. The van der Waals surface area contributed by atoms with Crippen molar-refractivity contribution in [2.45, 2.75) is 58.9 Å². The second-order valence-corrected chi connectivity index (χ2v) is 7.84. The van der Waals surface area contributed by atoms with Crippen LogP contribution >= 0.6 is 0 Å². The molecule has 1 fully saturated rings. The van der Waals surface area contributed by atoms with Gasteiger partial charge in [-0.15, -0.1) is 0 Å². The molecule has 6 nitrogen and oxygen atoms in total. The van der Waals surface area contributed by atoms with Gasteiger partial charge in [0.15, 0.2) is 0 Å². The molecule has 1 amide bonds. The minimum absolute atomic E-state index is 0.301. The average molecular weight is 375 g/mol. The number of ether oxygens (including phenoxy) is 3. The van der Waals surface area contributed by atoms with Crippen LogP contribution in [0.1, 0.15) is 57.5 Å². The van der Waals surface area contributed by atoms with Crippen LogP contribution in [0.25, 0.3) is 6.08 Å². The van der Waals surface area contributed by atoms with Crippen LogP contribution < -0.4 is 0 Å². The van der Waals surface area contributed by atoms with Crippen LogP contribution in [0.2, 0.25) is 0 Å². The Morgan fingerprint density at radius 3 is 2.59 bits per heavy atom. The minimum Gasteiger partial charge on any atom is -0.462 e. The summed E-state index contributed by atoms with van der Waals surface area (Å²) in [6.07, 6.45) is 3.24. The fourth-order valence-corrected chi connectivity index (χ4v) is 2.89. The van der Waals surface area contributed by atoms with Crippen LogP contribution in [0.15, 0.2) is 30.3 Å². The van der Waals surface area contributed by atoms with Crippen LogP contribution in [0.4, 0.5) is 4.79 Å². The molecule has 0 saturated carbocycles. The fraction of sp³-hybridized carbons (Fsp3) is 0.524. The van der Waals surface area contributed by atoms with Crippen molar-refractivity contribution in [3.63, 3.8) is 0 Å². The number of hydrogen-bond donors (Lipinski definition) is 0. The van der Waals surface area contributed by atoms with E-state index in [-0.39, 0.29) is 12.0 Å². The van der Waals surface area contributed by atoms with Crippen LogP contribution in [0.5, 0.6) is 0 Å². The highest BCUT2D eigenvalue weighted by molar-refractivity contribution is 5.93. The quantitative estimate of drug-likeness (QED) is 0.736. The van der Waals surface area contributed by atoms with Gasteiger partial charge in [-0.1, -0.05) is 30.4 Å². The first-order valence-electron chi connectivity index (χ1n) is 9.16. The molecule has 27 heavy (non-hydrogen) atoms. The van der Waals surface area contributed by atoms with E-state index in [9.17, 15) is 9.59 Å². The molecule has 1 atom stereocenters. The molecule has 2 rings (SSSR count). The van der Waals surface area contributed by atoms with Crippen molar-refractivity contribution in [3.8, 4) is 0 Å². The van der Waals surface area contributed by atoms with Gasteiger partial charge in [0.1, 0.15) is 11.3 Å². The van der Waals surface area contributed by atoms with Crippen LogP contribution in [-0.4, -0.2) is 47.5 Å². The lowest BCUT2D eigenvalue weighted by Crippen LogP contribution is -2.49. The molecular weight excluding hydrogens is 346 g/mol. The third-order valence-corrected chi connectivity index (χ3v) is 4.06. The smallest absolute Gasteiger partial charge is 0.413 e. The summed E-state index contributed by atoms with van der Waals surface area (Å²) >= 11 is 0. The molecule has 148 valence electrons. The Bertz CT molecular complexity index is 718. The summed E-state index contributed by atoms with van der Waals surface area (Å²) < 4.78 is 16.4. The molecular formula is C21H29NO5. The van der Waals surface area contributed by atoms with Gasteiger partial charge >= 0.3 is 12.1 Å². The van der Waals surface area contributed by atoms with E-state index in [1.807, 2.05) is 58.9 Å². The van der Waals surface area contributed by atoms with Crippen LogP contribution in [0, 0.1) is 0 Å². The van der Waals surface area contributed by atoms with E-state index in [2.05, 4.69) is 0 Å². The monoisotopic (exact) mass is 375 g/mol. The third-order valence-electron chi connectivity index (χ3n) is 4.06. The van der Waals surface area contributed by atoms with Crippen molar-refractivity contribution in [1.82, 2.24) is 4.90 Å². The Balaban J connectivity index is 2.25. The lowest BCUT2D eigenvalue weighted by atomic mass is 10.1. The van der Waals surface area contributed by atoms with Gasteiger partial charge in [0.05, 0.1) is 24.8 Å². The second-order valence-electron chi connectivity index (χ2n) is 7.84. The molecule has 0 spiro atoms. The van der Waals surface area contributed by atoms with Gasteiger partial charge < -0.3 is 14.2 Å². The largest absolute Gasteiger partial charge is 0.462 e. The lowest BCUT2D eigenvalue weighted by molar-refractivity contribution is -0.0610. The Morgan fingerprint density at radius 1 is 1.30 bits per heavy atom. The van der Waals surface area contributed by atoms with Crippen molar-refractivity contribution in [1.29, 1.82) is 0 Å². The van der Waals surface area contributed by atoms with E-state index in [1.165, 1.54) is 0 Å². The zero-order valence-electron chi connectivity index (χ0n) is 16.9. The number of rotatable bonds is 4. The number of carbonyl (C=O) groups is 2. The zero-order valence-corrected chi connectivity index (χ0v) is 16.9. The average Bonchev–Trinajstić information content (AvgIpc) is 2.86. The molecule has 1 aliphatic rings. The lowest BCUT2D eigenvalue weighted by Gasteiger charge is -2.34. The molecule has 6 heteroatoms. The van der Waals surface area contributed by atoms with Crippen molar-refractivity contribution in [2.75, 3.05) is 13.2 Å². The highest BCUT2D eigenvalue weighted by atomic mass is 16.6. The number of esters is 1. The van der Waals surface area contributed by atoms with Crippen molar-refractivity contribution < 1.29 is 23.8 Å². The van der Waals surface area contributed by atoms with E-state index in [0.717, 1.165) is 5.56 Å². The number of benzene rings is 1. The van der Waals surface area contributed by atoms with E-state index in [1.54, 1.807) is 24.0 Å². The molecule has 0 aromatic heterocycles. The first kappa shape index (κ1) is 21.0. The molecule has 0 unspecified atom stereocenters. The Labute approximate surface area is 161 Å². The van der Waals surface area contributed by atoms with Gasteiger partial charge in [-0.3, -0.25) is 4.90 Å². The number of amides is 1. The normalized spacial score (nSPS) is 19.3. The number of carbonyl (C=O) groups excluding carboxylic acids is 2. The van der Waals surface area contributed by atoms with Crippen LogP contribution in [-0.2, 0) is 14.2 Å². The first-order chi connectivity index (χ1) is 12.5. The molecule has 1 saturated heterocycles. The summed E-state index contributed by atoms with van der Waals surface area (Å²) in [6.45, 7) is 11.6. The molecule has 0 aliphatic carbocycles. The first-order valence-corrected chi connectivity index (χ1v) is 9.16. The van der Waals surface area contributed by atoms with Crippen LogP contribution in [0.3, 0.4) is 0 Å². The van der Waals surface area contributed by atoms with Gasteiger partial charge in [0.25, 0.3) is 0 Å². The number of nitrogens with zero attached hydrogens (tertiary/aromatic N) is 1. The Kier molecular flexibility index (Phi) is 6.31. The maximum absolute atomic E-state index is 12.7. The van der Waals surface area contributed by atoms with Crippen molar-refractivity contribution >= 4 is 18.1 Å². The van der Waals surface area contributed by atoms with Crippen molar-refractivity contribution in [2.24, 2.45) is 0 Å². The van der Waals surface area contributed by atoms with E-state index in [4.69, 9.17) is 14.2 Å². The predicted octanol–water partition coefficient (Wildman–Crippen LogP) is 4.25. The summed E-state index contributed by atoms with van der Waals surface area (Å²) in [4.78, 5) is 26.4. The highest BCUT2D eigenvalue weighted by Crippen LogP contribution is 2.30. The molecule has 1 aromatic rings. The summed E-state index contributed by atoms with van der Waals surface area (Å²) in [5, 5.41) is 0. The summed E-state index contributed by atoms with van der Waals surface area (Å²) in [5.41, 5.74) is -0.166. The highest BCUT2D eigenvalue weighted by Gasteiger charge is 2.44. The fourth-order valence-electron chi connectivity index (χ4n) is 2.89. The standard InChI is InChI=1S/C21H29NO5/c1-7-25-18(23)17-11-9-8-10-15(17)12-13-16-14-26-21(5,6)22(16)19(24)27-20(2,3)4/h8-13,16H,7,14H2,1-6H3/b13-12+/t16-/m1/s1. The van der Waals surface area contributed by atoms with Gasteiger partial charge in [-0.2, -0.15) is 0 Å². The Morgan fingerprint density at radius 2 is 1.96 bits per heavy atom. The minimum atomic E-state index is -0.780. The van der Waals surface area contributed by atoms with E-state index >= 15 is 0 Å². The van der Waals surface area contributed by atoms with Gasteiger partial charge in [-0.25, -0.2) is 9.59 Å². The predicted molar refractivity (Wildman–Crippen MR) is 103 cm³/mol. The third kappa shape index (κ3) is 5.32. The molecule has 0 bridgehead atoms. The Hall–Kier alpha value is -2.34. The molecule has 0 N–H and O–H groups in total. The van der Waals surface area contributed by atoms with Gasteiger partial charge in [-0.05, 0) is 53.2 Å². The second kappa shape index (κ2) is 8.13. The molecule has 1 aliphatic heterocycles. The summed E-state index contributed by atoms with van der Waals surface area (Å²) in [5.74, 6) is -0.371. The summed E-state index contributed by atoms with van der Waals surface area (Å²) in [6, 6.07) is 6.90. The van der Waals surface area contributed by atoms with E-state index in [0.29, 0.717) is 18.8 Å².